The molecule has 33 heavy (non-hydrogen) atoms. The van der Waals surface area contributed by atoms with Crippen LogP contribution in [-0.2, 0) is 0 Å². The number of hydrogen-bond acceptors (Lipinski definition) is 6. The molecule has 0 radical (unpaired) electrons. The number of benzene rings is 2. The Morgan fingerprint density at radius 1 is 0.788 bits per heavy atom. The molecule has 186 valence electrons. The number of ether oxygens (including phenoxy) is 5. The molecule has 3 rings (SSSR count). The molecule has 0 bridgehead atoms. The van der Waals surface area contributed by atoms with Crippen LogP contribution in [0.15, 0.2) is 36.4 Å². The molecule has 1 unspecified atom stereocenters. The summed E-state index contributed by atoms with van der Waals surface area (Å²) in [5.41, 5.74) is 1.28. The SMILES string of the molecule is COc1ccc([NH+]2CC[NH+](CC(O)COc3cc(OC)c(OC)c(OC)c3)CC2)cc1.[Cl-].[Cl-]. The molecule has 2 aromatic rings. The maximum atomic E-state index is 10.5. The van der Waals surface area contributed by atoms with Gasteiger partial charge in [0.1, 0.15) is 62.6 Å². The average Bonchev–Trinajstić information content (AvgIpc) is 2.82. The first kappa shape index (κ1) is 28.9. The van der Waals surface area contributed by atoms with E-state index in [1.807, 2.05) is 12.1 Å². The molecule has 1 heterocycles. The molecule has 10 heteroatoms. The number of aliphatic hydroxyl groups is 1. The van der Waals surface area contributed by atoms with Crippen LogP contribution in [0.4, 0.5) is 5.69 Å². The Bertz CT molecular complexity index is 807. The first-order valence-corrected chi connectivity index (χ1v) is 10.5. The van der Waals surface area contributed by atoms with Gasteiger partial charge in [0.25, 0.3) is 0 Å². The fourth-order valence-electron chi connectivity index (χ4n) is 3.95. The van der Waals surface area contributed by atoms with E-state index in [1.165, 1.54) is 15.5 Å². The predicted octanol–water partition coefficient (Wildman–Crippen LogP) is -6.42. The monoisotopic (exact) mass is 504 g/mol. The van der Waals surface area contributed by atoms with Crippen molar-refractivity contribution in [3.63, 3.8) is 0 Å². The van der Waals surface area contributed by atoms with Gasteiger partial charge in [0.2, 0.25) is 5.75 Å². The quantitative estimate of drug-likeness (QED) is 0.299. The van der Waals surface area contributed by atoms with Gasteiger partial charge in [-0.05, 0) is 12.1 Å². The molecular formula is C23H34Cl2N2O6. The van der Waals surface area contributed by atoms with Gasteiger partial charge in [-0.25, -0.2) is 0 Å². The molecule has 0 aliphatic carbocycles. The highest BCUT2D eigenvalue weighted by Gasteiger charge is 2.26. The van der Waals surface area contributed by atoms with Gasteiger partial charge in [-0.1, -0.05) is 0 Å². The lowest BCUT2D eigenvalue weighted by Crippen LogP contribution is -3.26. The van der Waals surface area contributed by atoms with Gasteiger partial charge in [0, 0.05) is 24.3 Å². The summed E-state index contributed by atoms with van der Waals surface area (Å²) in [4.78, 5) is 2.85. The van der Waals surface area contributed by atoms with Gasteiger partial charge in [-0.15, -0.1) is 0 Å². The highest BCUT2D eigenvalue weighted by molar-refractivity contribution is 5.55. The maximum Gasteiger partial charge on any atom is 0.203 e. The van der Waals surface area contributed by atoms with Crippen LogP contribution in [0.25, 0.3) is 0 Å². The number of quaternary nitrogens is 2. The van der Waals surface area contributed by atoms with Crippen molar-refractivity contribution < 1.29 is 63.4 Å². The fraction of sp³-hybridized carbons (Fsp3) is 0.478. The zero-order valence-corrected chi connectivity index (χ0v) is 21.0. The second kappa shape index (κ2) is 14.2. The van der Waals surface area contributed by atoms with Gasteiger partial charge < -0.3 is 58.5 Å². The van der Waals surface area contributed by atoms with E-state index >= 15 is 0 Å². The van der Waals surface area contributed by atoms with Crippen molar-refractivity contribution in [2.24, 2.45) is 0 Å². The molecule has 0 amide bonds. The number of methoxy groups -OCH3 is 4. The Balaban J connectivity index is 0.00000272. The minimum atomic E-state index is -0.559. The third-order valence-electron chi connectivity index (χ3n) is 5.66. The number of piperazine rings is 1. The summed E-state index contributed by atoms with van der Waals surface area (Å²) in [5.74, 6) is 3.00. The minimum Gasteiger partial charge on any atom is -1.00 e. The number of nitrogens with one attached hydrogen (secondary N) is 2. The Hall–Kier alpha value is -2.10. The maximum absolute atomic E-state index is 10.5. The zero-order valence-electron chi connectivity index (χ0n) is 19.5. The van der Waals surface area contributed by atoms with Gasteiger partial charge in [-0.3, -0.25) is 4.90 Å². The summed E-state index contributed by atoms with van der Waals surface area (Å²) in [6.07, 6.45) is -0.559. The van der Waals surface area contributed by atoms with E-state index in [0.717, 1.165) is 31.9 Å². The average molecular weight is 505 g/mol. The highest BCUT2D eigenvalue weighted by Crippen LogP contribution is 2.40. The summed E-state index contributed by atoms with van der Waals surface area (Å²) in [6, 6.07) is 11.7. The molecule has 0 aromatic heterocycles. The van der Waals surface area contributed by atoms with Crippen molar-refractivity contribution in [3.8, 4) is 28.7 Å². The van der Waals surface area contributed by atoms with Gasteiger partial charge in [0.05, 0.1) is 28.4 Å². The highest BCUT2D eigenvalue weighted by atomic mass is 35.5. The zero-order chi connectivity index (χ0) is 22.2. The molecular weight excluding hydrogens is 471 g/mol. The first-order chi connectivity index (χ1) is 15.1. The van der Waals surface area contributed by atoms with E-state index in [1.54, 1.807) is 40.6 Å². The van der Waals surface area contributed by atoms with Crippen LogP contribution >= 0.6 is 0 Å². The summed E-state index contributed by atoms with van der Waals surface area (Å²) in [5, 5.41) is 10.5. The van der Waals surface area contributed by atoms with E-state index in [0.29, 0.717) is 29.5 Å². The standard InChI is InChI=1S/C23H32N2O6.2ClH/c1-27-19-7-5-17(6-8-19)25-11-9-24(10-12-25)15-18(26)16-31-20-13-21(28-2)23(30-4)22(14-20)29-3;;/h5-8,13-14,18,26H,9-12,15-16H2,1-4H3;2*1H. The summed E-state index contributed by atoms with van der Waals surface area (Å²) in [7, 11) is 6.36. The summed E-state index contributed by atoms with van der Waals surface area (Å²) >= 11 is 0. The van der Waals surface area contributed by atoms with E-state index in [-0.39, 0.29) is 31.4 Å². The van der Waals surface area contributed by atoms with E-state index in [4.69, 9.17) is 23.7 Å². The van der Waals surface area contributed by atoms with Crippen LogP contribution in [0.2, 0.25) is 0 Å². The lowest BCUT2D eigenvalue weighted by atomic mass is 10.2. The van der Waals surface area contributed by atoms with E-state index in [9.17, 15) is 5.11 Å². The Labute approximate surface area is 208 Å². The normalized spacial score (nSPS) is 18.2. The lowest BCUT2D eigenvalue weighted by molar-refractivity contribution is -0.988. The summed E-state index contributed by atoms with van der Waals surface area (Å²) < 4.78 is 27.1. The molecule has 0 spiro atoms. The molecule has 0 saturated carbocycles. The van der Waals surface area contributed by atoms with Crippen molar-refractivity contribution >= 4 is 5.69 Å². The molecule has 3 N–H and O–H groups in total. The number of rotatable bonds is 10. The van der Waals surface area contributed by atoms with Crippen molar-refractivity contribution in [1.82, 2.24) is 0 Å². The molecule has 2 aromatic carbocycles. The molecule has 1 fully saturated rings. The van der Waals surface area contributed by atoms with Crippen LogP contribution in [-0.4, -0.2) is 79.0 Å². The van der Waals surface area contributed by atoms with Gasteiger partial charge in [-0.2, -0.15) is 0 Å². The lowest BCUT2D eigenvalue weighted by Gasteiger charge is -2.30. The van der Waals surface area contributed by atoms with Crippen molar-refractivity contribution in [3.05, 3.63) is 36.4 Å². The Morgan fingerprint density at radius 3 is 1.85 bits per heavy atom. The van der Waals surface area contributed by atoms with Crippen molar-refractivity contribution in [1.29, 1.82) is 0 Å². The van der Waals surface area contributed by atoms with Crippen LogP contribution in [0.5, 0.6) is 28.7 Å². The predicted molar refractivity (Wildman–Crippen MR) is 117 cm³/mol. The van der Waals surface area contributed by atoms with Gasteiger partial charge in [0.15, 0.2) is 11.5 Å². The number of aliphatic hydroxyl groups excluding tert-OH is 1. The van der Waals surface area contributed by atoms with Crippen LogP contribution < -0.4 is 58.3 Å². The molecule has 1 saturated heterocycles. The molecule has 1 atom stereocenters. The third kappa shape index (κ3) is 7.72. The minimum absolute atomic E-state index is 0. The largest absolute Gasteiger partial charge is 1.00 e. The molecule has 8 nitrogen and oxygen atoms in total. The second-order valence-corrected chi connectivity index (χ2v) is 7.61. The summed E-state index contributed by atoms with van der Waals surface area (Å²) in [6.45, 7) is 4.92. The van der Waals surface area contributed by atoms with Crippen molar-refractivity contribution in [2.75, 3.05) is 67.8 Å². The van der Waals surface area contributed by atoms with Gasteiger partial charge >= 0.3 is 0 Å². The van der Waals surface area contributed by atoms with E-state index < -0.39 is 6.10 Å². The number of hydrogen-bond donors (Lipinski definition) is 3. The fourth-order valence-corrected chi connectivity index (χ4v) is 3.95. The molecule has 1 aliphatic heterocycles. The van der Waals surface area contributed by atoms with Crippen LogP contribution in [0.1, 0.15) is 0 Å². The topological polar surface area (TPSA) is 75.3 Å². The third-order valence-corrected chi connectivity index (χ3v) is 5.66. The van der Waals surface area contributed by atoms with E-state index in [2.05, 4.69) is 12.1 Å². The van der Waals surface area contributed by atoms with Crippen LogP contribution in [0.3, 0.4) is 0 Å². The second-order valence-electron chi connectivity index (χ2n) is 7.61. The van der Waals surface area contributed by atoms with Crippen LogP contribution in [0, 0.1) is 0 Å². The number of halogens is 2. The van der Waals surface area contributed by atoms with Crippen molar-refractivity contribution in [2.45, 2.75) is 6.10 Å². The Morgan fingerprint density at radius 2 is 1.36 bits per heavy atom. The first-order valence-electron chi connectivity index (χ1n) is 10.5. The smallest absolute Gasteiger partial charge is 0.203 e. The Kier molecular flexibility index (Phi) is 12.5. The molecule has 1 aliphatic rings.